The Hall–Kier alpha value is -0.990. The van der Waals surface area contributed by atoms with Gasteiger partial charge in [-0.05, 0) is 13.0 Å². The Balaban J connectivity index is 0.000000371. The van der Waals surface area contributed by atoms with E-state index in [0.717, 1.165) is 5.69 Å². The maximum absolute atomic E-state index is 5.24. The number of nitrogens with zero attached hydrogens (tertiary/aromatic N) is 2. The summed E-state index contributed by atoms with van der Waals surface area (Å²) in [6.45, 7) is 1.87. The molecule has 0 atom stereocenters. The van der Waals surface area contributed by atoms with Gasteiger partial charge >= 0.3 is 0 Å². The first-order valence-corrected chi connectivity index (χ1v) is 2.67. The van der Waals surface area contributed by atoms with Crippen LogP contribution in [0.15, 0.2) is 12.3 Å². The molecule has 0 aliphatic heterocycles. The quantitative estimate of drug-likeness (QED) is 0.487. The number of nitrogens with two attached hydrogens (primary N) is 1. The van der Waals surface area contributed by atoms with Crippen LogP contribution in [0.25, 0.3) is 0 Å². The molecule has 0 fully saturated rings. The molecule has 0 saturated carbocycles. The minimum absolute atomic E-state index is 0.338. The van der Waals surface area contributed by atoms with Gasteiger partial charge in [-0.25, -0.2) is 9.97 Å². The van der Waals surface area contributed by atoms with E-state index >= 15 is 0 Å². The van der Waals surface area contributed by atoms with E-state index in [1.165, 1.54) is 0 Å². The van der Waals surface area contributed by atoms with E-state index in [4.69, 9.17) is 5.73 Å². The van der Waals surface area contributed by atoms with Crippen LogP contribution in [0.4, 0.5) is 5.95 Å². The van der Waals surface area contributed by atoms with Gasteiger partial charge < -0.3 is 5.73 Å². The molecule has 0 aliphatic rings. The largest absolute Gasteiger partial charge is 0.368 e. The Labute approximate surface area is 62.9 Å². The molecule has 1 aromatic rings. The third-order valence-electron chi connectivity index (χ3n) is 0.813. The van der Waals surface area contributed by atoms with Crippen LogP contribution >= 0.6 is 0 Å². The summed E-state index contributed by atoms with van der Waals surface area (Å²) in [5.41, 5.74) is 6.14. The van der Waals surface area contributed by atoms with Gasteiger partial charge in [0.25, 0.3) is 0 Å². The Bertz CT molecular complexity index is 175. The number of hydrogen-bond acceptors (Lipinski definition) is 3. The van der Waals surface area contributed by atoms with Crippen molar-refractivity contribution >= 4 is 21.4 Å². The number of nitrogen functional groups attached to an aromatic ring is 1. The van der Waals surface area contributed by atoms with E-state index in [-0.39, 0.29) is 0 Å². The topological polar surface area (TPSA) is 51.8 Å². The van der Waals surface area contributed by atoms with Crippen molar-refractivity contribution in [3.8, 4) is 0 Å². The highest BCUT2D eigenvalue weighted by atomic mass is 15.0. The molecule has 0 unspecified atom stereocenters. The van der Waals surface area contributed by atoms with Gasteiger partial charge in [-0.15, -0.1) is 0 Å². The molecule has 48 valence electrons. The second kappa shape index (κ2) is 4.85. The van der Waals surface area contributed by atoms with Crippen LogP contribution in [0, 0.1) is 6.92 Å². The summed E-state index contributed by atoms with van der Waals surface area (Å²) in [5, 5.41) is 0. The van der Waals surface area contributed by atoms with Crippen molar-refractivity contribution in [2.45, 2.75) is 6.92 Å². The van der Waals surface area contributed by atoms with Gasteiger partial charge in [0, 0.05) is 27.4 Å². The summed E-state index contributed by atoms with van der Waals surface area (Å²) in [5.74, 6) is 0.338. The molecule has 10 heavy (non-hydrogen) atoms. The lowest BCUT2D eigenvalue weighted by atomic mass is 9.81. The van der Waals surface area contributed by atoms with Gasteiger partial charge in [-0.3, -0.25) is 0 Å². The standard InChI is InChI=1S/C5H7N3.B2/c1-4-2-3-7-5(6)8-4;1-2/h2-3H,1H3,(H2,6,7,8);. The van der Waals surface area contributed by atoms with Gasteiger partial charge in [0.2, 0.25) is 5.95 Å². The van der Waals surface area contributed by atoms with Gasteiger partial charge in [0.15, 0.2) is 0 Å². The molecule has 0 aliphatic carbocycles. The molecule has 0 saturated heterocycles. The summed E-state index contributed by atoms with van der Waals surface area (Å²) in [6.07, 6.45) is 1.64. The first kappa shape index (κ1) is 9.01. The van der Waals surface area contributed by atoms with Gasteiger partial charge in [-0.1, -0.05) is 0 Å². The molecular weight excluding hydrogens is 124 g/mol. The van der Waals surface area contributed by atoms with Crippen molar-refractivity contribution in [1.29, 1.82) is 0 Å². The molecule has 0 bridgehead atoms. The minimum Gasteiger partial charge on any atom is -0.368 e. The fourth-order valence-corrected chi connectivity index (χ4v) is 0.468. The third kappa shape index (κ3) is 3.12. The van der Waals surface area contributed by atoms with Crippen LogP contribution in [0.5, 0.6) is 0 Å². The molecule has 2 N–H and O–H groups in total. The number of hydrogen-bond donors (Lipinski definition) is 1. The summed E-state index contributed by atoms with van der Waals surface area (Å²) in [4.78, 5) is 7.55. The minimum atomic E-state index is 0.338. The highest BCUT2D eigenvalue weighted by Crippen LogP contribution is 1.91. The van der Waals surface area contributed by atoms with Gasteiger partial charge in [-0.2, -0.15) is 0 Å². The van der Waals surface area contributed by atoms with Crippen LogP contribution in [0.3, 0.4) is 0 Å². The van der Waals surface area contributed by atoms with Crippen molar-refractivity contribution in [2.24, 2.45) is 0 Å². The van der Waals surface area contributed by atoms with E-state index in [2.05, 4.69) is 25.4 Å². The van der Waals surface area contributed by atoms with Crippen molar-refractivity contribution in [3.05, 3.63) is 18.0 Å². The smallest absolute Gasteiger partial charge is 0.220 e. The van der Waals surface area contributed by atoms with Crippen molar-refractivity contribution in [2.75, 3.05) is 5.73 Å². The van der Waals surface area contributed by atoms with E-state index in [9.17, 15) is 0 Å². The summed E-state index contributed by atoms with van der Waals surface area (Å²) in [6, 6.07) is 1.80. The zero-order chi connectivity index (χ0) is 7.98. The summed E-state index contributed by atoms with van der Waals surface area (Å²) < 4.78 is 0. The number of rotatable bonds is 0. The van der Waals surface area contributed by atoms with E-state index in [1.807, 2.05) is 6.92 Å². The predicted molar refractivity (Wildman–Crippen MR) is 42.7 cm³/mol. The third-order valence-corrected chi connectivity index (χ3v) is 0.813. The first-order valence-electron chi connectivity index (χ1n) is 2.67. The summed E-state index contributed by atoms with van der Waals surface area (Å²) in [7, 11) is 8.00. The van der Waals surface area contributed by atoms with Gasteiger partial charge in [0.1, 0.15) is 0 Å². The molecule has 1 rings (SSSR count). The lowest BCUT2D eigenvalue weighted by Gasteiger charge is -1.89. The molecule has 0 amide bonds. The molecule has 0 spiro atoms. The SMILES string of the molecule is Cc1ccnc(N)n1.[B][B]. The molecule has 3 nitrogen and oxygen atoms in total. The average molecular weight is 131 g/mol. The highest BCUT2D eigenvalue weighted by Gasteiger charge is 1.84. The van der Waals surface area contributed by atoms with Crippen LogP contribution in [0.1, 0.15) is 5.69 Å². The Kier molecular flexibility index (Phi) is 4.37. The molecule has 0 aromatic carbocycles. The number of aryl methyl sites for hydroxylation is 1. The van der Waals surface area contributed by atoms with Crippen LogP contribution < -0.4 is 5.73 Å². The molecule has 1 heterocycles. The molecular formula is C5H7B2N3. The fourth-order valence-electron chi connectivity index (χ4n) is 0.468. The van der Waals surface area contributed by atoms with Crippen LogP contribution in [-0.2, 0) is 0 Å². The Morgan fingerprint density at radius 2 is 2.10 bits per heavy atom. The number of anilines is 1. The molecule has 5 heteroatoms. The summed E-state index contributed by atoms with van der Waals surface area (Å²) >= 11 is 0. The highest BCUT2D eigenvalue weighted by molar-refractivity contribution is 6.75. The normalized spacial score (nSPS) is 7.70. The first-order chi connectivity index (χ1) is 4.79. The maximum atomic E-state index is 5.24. The van der Waals surface area contributed by atoms with E-state index < -0.39 is 0 Å². The van der Waals surface area contributed by atoms with Gasteiger partial charge in [0.05, 0.1) is 0 Å². The molecule has 1 aromatic heterocycles. The van der Waals surface area contributed by atoms with E-state index in [0.29, 0.717) is 5.95 Å². The molecule has 4 radical (unpaired) electrons. The maximum Gasteiger partial charge on any atom is 0.220 e. The average Bonchev–Trinajstić information content (AvgIpc) is 1.91. The Morgan fingerprint density at radius 1 is 1.50 bits per heavy atom. The van der Waals surface area contributed by atoms with Crippen LogP contribution in [0.2, 0.25) is 0 Å². The predicted octanol–water partition coefficient (Wildman–Crippen LogP) is -0.394. The van der Waals surface area contributed by atoms with E-state index in [1.54, 1.807) is 12.3 Å². The van der Waals surface area contributed by atoms with Crippen molar-refractivity contribution in [1.82, 2.24) is 9.97 Å². The fraction of sp³-hybridized carbons (Fsp3) is 0.200. The lowest BCUT2D eigenvalue weighted by molar-refractivity contribution is 1.12. The zero-order valence-corrected chi connectivity index (χ0v) is 5.78. The zero-order valence-electron chi connectivity index (χ0n) is 5.78. The van der Waals surface area contributed by atoms with Crippen molar-refractivity contribution < 1.29 is 0 Å². The Morgan fingerprint density at radius 3 is 2.40 bits per heavy atom. The second-order valence-corrected chi connectivity index (χ2v) is 1.56. The monoisotopic (exact) mass is 131 g/mol. The van der Waals surface area contributed by atoms with Crippen LogP contribution in [-0.4, -0.2) is 25.4 Å². The van der Waals surface area contributed by atoms with Crippen molar-refractivity contribution in [3.63, 3.8) is 0 Å². The lowest BCUT2D eigenvalue weighted by Crippen LogP contribution is -1.93. The second-order valence-electron chi connectivity index (χ2n) is 1.56. The number of aromatic nitrogens is 2.